The lowest BCUT2D eigenvalue weighted by Crippen LogP contribution is -2.46. The number of thiazole rings is 1. The Bertz CT molecular complexity index is 573. The molecular weight excluding hydrogens is 300 g/mol. The molecule has 1 unspecified atom stereocenters. The monoisotopic (exact) mass is 322 g/mol. The average molecular weight is 322 g/mol. The van der Waals surface area contributed by atoms with Gasteiger partial charge in [-0.1, -0.05) is 0 Å². The number of likely N-dealkylation sites (tertiary alicyclic amines) is 1. The van der Waals surface area contributed by atoms with Crippen molar-refractivity contribution >= 4 is 28.3 Å². The number of hydrogen-bond acceptors (Lipinski definition) is 5. The van der Waals surface area contributed by atoms with Gasteiger partial charge in [-0.2, -0.15) is 0 Å². The van der Waals surface area contributed by atoms with Crippen molar-refractivity contribution in [2.24, 2.45) is 11.7 Å². The molecule has 0 spiro atoms. The maximum Gasteiger partial charge on any atom is 0.223 e. The maximum absolute atomic E-state index is 12.1. The van der Waals surface area contributed by atoms with Crippen molar-refractivity contribution < 1.29 is 9.59 Å². The first-order valence-electron chi connectivity index (χ1n) is 7.73. The van der Waals surface area contributed by atoms with Crippen LogP contribution in [0.1, 0.15) is 29.8 Å². The molecule has 2 N–H and O–H groups in total. The van der Waals surface area contributed by atoms with Crippen LogP contribution in [0.15, 0.2) is 0 Å². The Morgan fingerprint density at radius 1 is 1.32 bits per heavy atom. The molecule has 22 heavy (non-hydrogen) atoms. The molecular formula is C15H22N4O2S. The van der Waals surface area contributed by atoms with Gasteiger partial charge < -0.3 is 15.5 Å². The molecule has 7 heteroatoms. The van der Waals surface area contributed by atoms with Crippen molar-refractivity contribution in [3.05, 3.63) is 10.6 Å². The molecule has 6 nitrogen and oxygen atoms in total. The Labute approximate surface area is 134 Å². The summed E-state index contributed by atoms with van der Waals surface area (Å²) in [5.41, 5.74) is 6.43. The molecule has 3 rings (SSSR count). The largest absolute Gasteiger partial charge is 0.369 e. The predicted molar refractivity (Wildman–Crippen MR) is 85.8 cm³/mol. The smallest absolute Gasteiger partial charge is 0.223 e. The fraction of sp³-hybridized carbons (Fsp3) is 0.667. The van der Waals surface area contributed by atoms with Crippen LogP contribution in [0.2, 0.25) is 0 Å². The van der Waals surface area contributed by atoms with Gasteiger partial charge in [0.15, 0.2) is 5.13 Å². The van der Waals surface area contributed by atoms with Gasteiger partial charge in [-0.3, -0.25) is 9.59 Å². The third-order valence-corrected chi connectivity index (χ3v) is 5.89. The standard InChI is InChI=1S/C15H22N4O2S/c1-9-10(2)22-15(17-9)18-5-3-12(4-6-18)19-8-11(14(16)21)7-13(19)20/h11-12H,3-8H2,1-2H3,(H2,16,21). The number of carbonyl (C=O) groups excluding carboxylic acids is 2. The second kappa shape index (κ2) is 5.87. The Hall–Kier alpha value is -1.63. The van der Waals surface area contributed by atoms with Crippen molar-refractivity contribution in [1.82, 2.24) is 9.88 Å². The van der Waals surface area contributed by atoms with E-state index in [4.69, 9.17) is 5.73 Å². The Balaban J connectivity index is 1.60. The fourth-order valence-corrected chi connectivity index (χ4v) is 4.20. The van der Waals surface area contributed by atoms with Gasteiger partial charge in [0.25, 0.3) is 0 Å². The zero-order valence-electron chi connectivity index (χ0n) is 13.0. The average Bonchev–Trinajstić information content (AvgIpc) is 3.03. The number of rotatable bonds is 3. The zero-order chi connectivity index (χ0) is 15.9. The van der Waals surface area contributed by atoms with Gasteiger partial charge in [-0.05, 0) is 26.7 Å². The summed E-state index contributed by atoms with van der Waals surface area (Å²) in [4.78, 5) is 33.4. The molecule has 3 heterocycles. The molecule has 1 aromatic rings. The third kappa shape index (κ3) is 2.82. The van der Waals surface area contributed by atoms with Gasteiger partial charge in [-0.25, -0.2) is 4.98 Å². The zero-order valence-corrected chi connectivity index (χ0v) is 13.9. The molecule has 2 aliphatic rings. The summed E-state index contributed by atoms with van der Waals surface area (Å²) in [6.07, 6.45) is 2.13. The second-order valence-corrected chi connectivity index (χ2v) is 7.39. The van der Waals surface area contributed by atoms with Crippen LogP contribution in [0.5, 0.6) is 0 Å². The fourth-order valence-electron chi connectivity index (χ4n) is 3.23. The minimum atomic E-state index is -0.359. The number of hydrogen-bond donors (Lipinski definition) is 1. The van der Waals surface area contributed by atoms with Crippen LogP contribution < -0.4 is 10.6 Å². The van der Waals surface area contributed by atoms with Crippen molar-refractivity contribution in [3.8, 4) is 0 Å². The predicted octanol–water partition coefficient (Wildman–Crippen LogP) is 1.06. The normalized spacial score (nSPS) is 23.4. The molecule has 0 aromatic carbocycles. The molecule has 1 atom stereocenters. The number of anilines is 1. The first-order valence-corrected chi connectivity index (χ1v) is 8.55. The van der Waals surface area contributed by atoms with Crippen LogP contribution in [0.4, 0.5) is 5.13 Å². The number of carbonyl (C=O) groups is 2. The lowest BCUT2D eigenvalue weighted by atomic mass is 10.0. The van der Waals surface area contributed by atoms with E-state index >= 15 is 0 Å². The summed E-state index contributed by atoms with van der Waals surface area (Å²) >= 11 is 1.73. The maximum atomic E-state index is 12.1. The summed E-state index contributed by atoms with van der Waals surface area (Å²) in [5.74, 6) is -0.597. The molecule has 120 valence electrons. The van der Waals surface area contributed by atoms with Gasteiger partial charge in [0.2, 0.25) is 11.8 Å². The summed E-state index contributed by atoms with van der Waals surface area (Å²) < 4.78 is 0. The third-order valence-electron chi connectivity index (χ3n) is 4.75. The summed E-state index contributed by atoms with van der Waals surface area (Å²) in [6, 6.07) is 0.232. The molecule has 1 aromatic heterocycles. The highest BCUT2D eigenvalue weighted by Crippen LogP contribution is 2.30. The number of aromatic nitrogens is 1. The first-order chi connectivity index (χ1) is 10.5. The Kier molecular flexibility index (Phi) is 4.08. The van der Waals surface area contributed by atoms with Crippen LogP contribution in [-0.4, -0.2) is 47.4 Å². The van der Waals surface area contributed by atoms with Crippen molar-refractivity contribution in [3.63, 3.8) is 0 Å². The molecule has 0 saturated carbocycles. The van der Waals surface area contributed by atoms with Crippen LogP contribution in [0.3, 0.4) is 0 Å². The van der Waals surface area contributed by atoms with E-state index in [1.807, 2.05) is 11.8 Å². The van der Waals surface area contributed by atoms with E-state index in [0.29, 0.717) is 6.54 Å². The molecule has 2 saturated heterocycles. The van der Waals surface area contributed by atoms with Gasteiger partial charge in [0, 0.05) is 37.0 Å². The topological polar surface area (TPSA) is 79.5 Å². The minimum Gasteiger partial charge on any atom is -0.369 e. The molecule has 0 bridgehead atoms. The quantitative estimate of drug-likeness (QED) is 0.902. The summed E-state index contributed by atoms with van der Waals surface area (Å²) in [7, 11) is 0. The van der Waals surface area contributed by atoms with E-state index < -0.39 is 0 Å². The van der Waals surface area contributed by atoms with E-state index in [9.17, 15) is 9.59 Å². The Morgan fingerprint density at radius 2 is 2.00 bits per heavy atom. The van der Waals surface area contributed by atoms with E-state index in [1.165, 1.54) is 4.88 Å². The van der Waals surface area contributed by atoms with Gasteiger partial charge in [0.05, 0.1) is 11.6 Å². The van der Waals surface area contributed by atoms with Crippen molar-refractivity contribution in [2.75, 3.05) is 24.5 Å². The number of nitrogens with zero attached hydrogens (tertiary/aromatic N) is 3. The minimum absolute atomic E-state index is 0.0724. The molecule has 2 amide bonds. The van der Waals surface area contributed by atoms with Gasteiger partial charge in [0.1, 0.15) is 0 Å². The number of nitrogens with two attached hydrogens (primary N) is 1. The van der Waals surface area contributed by atoms with Gasteiger partial charge in [-0.15, -0.1) is 11.3 Å². The van der Waals surface area contributed by atoms with Crippen molar-refractivity contribution in [1.29, 1.82) is 0 Å². The van der Waals surface area contributed by atoms with E-state index in [1.54, 1.807) is 11.3 Å². The summed E-state index contributed by atoms with van der Waals surface area (Å²) in [5, 5.41) is 1.08. The lowest BCUT2D eigenvalue weighted by molar-refractivity contribution is -0.130. The molecule has 2 fully saturated rings. The second-order valence-electron chi connectivity index (χ2n) is 6.21. The van der Waals surface area contributed by atoms with Crippen LogP contribution in [0, 0.1) is 19.8 Å². The van der Waals surface area contributed by atoms with Crippen LogP contribution >= 0.6 is 11.3 Å². The molecule has 0 radical (unpaired) electrons. The number of amides is 2. The van der Waals surface area contributed by atoms with Crippen LogP contribution in [0.25, 0.3) is 0 Å². The SMILES string of the molecule is Cc1nc(N2CCC(N3CC(C(N)=O)CC3=O)CC2)sc1C. The molecule has 2 aliphatic heterocycles. The van der Waals surface area contributed by atoms with E-state index in [2.05, 4.69) is 16.8 Å². The van der Waals surface area contributed by atoms with E-state index in [0.717, 1.165) is 36.8 Å². The van der Waals surface area contributed by atoms with Crippen LogP contribution in [-0.2, 0) is 9.59 Å². The number of piperidine rings is 1. The van der Waals surface area contributed by atoms with E-state index in [-0.39, 0.29) is 30.2 Å². The summed E-state index contributed by atoms with van der Waals surface area (Å²) in [6.45, 7) is 6.43. The highest BCUT2D eigenvalue weighted by atomic mass is 32.1. The first kappa shape index (κ1) is 15.3. The Morgan fingerprint density at radius 3 is 2.50 bits per heavy atom. The lowest BCUT2D eigenvalue weighted by Gasteiger charge is -2.36. The highest BCUT2D eigenvalue weighted by Gasteiger charge is 2.38. The number of aryl methyl sites for hydroxylation is 2. The highest BCUT2D eigenvalue weighted by molar-refractivity contribution is 7.15. The number of primary amides is 1. The van der Waals surface area contributed by atoms with Crippen molar-refractivity contribution in [2.45, 2.75) is 39.2 Å². The van der Waals surface area contributed by atoms with Gasteiger partial charge >= 0.3 is 0 Å². The molecule has 0 aliphatic carbocycles.